The molecule has 0 bridgehead atoms. The van der Waals surface area contributed by atoms with Crippen LogP contribution < -0.4 is 10.1 Å². The number of anilines is 2. The molecule has 0 unspecified atom stereocenters. The van der Waals surface area contributed by atoms with E-state index in [0.717, 1.165) is 44.3 Å². The van der Waals surface area contributed by atoms with Crippen molar-refractivity contribution in [3.05, 3.63) is 24.4 Å². The van der Waals surface area contributed by atoms with Gasteiger partial charge in [-0.3, -0.25) is 0 Å². The van der Waals surface area contributed by atoms with Crippen LogP contribution in [0.25, 0.3) is 0 Å². The molecule has 0 aromatic carbocycles. The molecule has 1 fully saturated rings. The number of hydrogen-bond acceptors (Lipinski definition) is 5. The summed E-state index contributed by atoms with van der Waals surface area (Å²) in [4.78, 5) is 7.62. The molecule has 26 heavy (non-hydrogen) atoms. The predicted octanol–water partition coefficient (Wildman–Crippen LogP) is 4.24. The molecule has 1 aliphatic rings. The van der Waals surface area contributed by atoms with Crippen molar-refractivity contribution in [2.24, 2.45) is 11.8 Å². The summed E-state index contributed by atoms with van der Waals surface area (Å²) >= 11 is 0. The number of halogens is 4. The van der Waals surface area contributed by atoms with Crippen molar-refractivity contribution in [3.8, 4) is 5.88 Å². The zero-order chi connectivity index (χ0) is 18.7. The molecule has 10 heteroatoms. The second kappa shape index (κ2) is 7.46. The van der Waals surface area contributed by atoms with Crippen LogP contribution in [0.15, 0.2) is 18.6 Å². The van der Waals surface area contributed by atoms with Crippen LogP contribution in [0.3, 0.4) is 0 Å². The molecule has 0 amide bonds. The lowest BCUT2D eigenvalue weighted by molar-refractivity contribution is -0.212. The van der Waals surface area contributed by atoms with E-state index in [1.165, 1.54) is 0 Å². The van der Waals surface area contributed by atoms with Gasteiger partial charge in [-0.25, -0.2) is 4.98 Å². The van der Waals surface area contributed by atoms with Gasteiger partial charge in [0.15, 0.2) is 0 Å². The molecule has 0 saturated heterocycles. The fraction of sp³-hybridized carbons (Fsp3) is 0.562. The van der Waals surface area contributed by atoms with Gasteiger partial charge in [-0.05, 0) is 24.7 Å². The minimum absolute atomic E-state index is 0.0288. The predicted molar refractivity (Wildman–Crippen MR) is 85.4 cm³/mol. The number of nitrogens with one attached hydrogen (secondary N) is 1. The van der Waals surface area contributed by atoms with Gasteiger partial charge in [-0.1, -0.05) is 19.8 Å². The molecule has 0 radical (unpaired) electrons. The van der Waals surface area contributed by atoms with E-state index >= 15 is 0 Å². The Morgan fingerprint density at radius 3 is 2.62 bits per heavy atom. The SMILES string of the molecule is C[C@H]1CC[C@H](COc2nc(Nc3cnn(C(F)(F)F)c3)ncc2F)CC1. The highest BCUT2D eigenvalue weighted by atomic mass is 19.4. The summed E-state index contributed by atoms with van der Waals surface area (Å²) in [6.45, 7) is 2.56. The van der Waals surface area contributed by atoms with Crippen molar-refractivity contribution in [3.63, 3.8) is 0 Å². The lowest BCUT2D eigenvalue weighted by Gasteiger charge is -2.25. The summed E-state index contributed by atoms with van der Waals surface area (Å²) in [5, 5.41) is 5.75. The summed E-state index contributed by atoms with van der Waals surface area (Å²) in [7, 11) is 0. The van der Waals surface area contributed by atoms with Crippen LogP contribution in [0, 0.1) is 17.7 Å². The number of hydrogen-bond donors (Lipinski definition) is 1. The van der Waals surface area contributed by atoms with Crippen LogP contribution in [0.5, 0.6) is 5.88 Å². The van der Waals surface area contributed by atoms with Crippen LogP contribution in [-0.2, 0) is 6.30 Å². The highest BCUT2D eigenvalue weighted by Crippen LogP contribution is 2.29. The molecule has 1 N–H and O–H groups in total. The van der Waals surface area contributed by atoms with Crippen LogP contribution in [0.1, 0.15) is 32.6 Å². The first-order chi connectivity index (χ1) is 12.3. The zero-order valence-corrected chi connectivity index (χ0v) is 14.1. The van der Waals surface area contributed by atoms with Gasteiger partial charge in [-0.15, -0.1) is 13.2 Å². The summed E-state index contributed by atoms with van der Waals surface area (Å²) in [6.07, 6.45) is 2.31. The maximum atomic E-state index is 13.8. The van der Waals surface area contributed by atoms with Crippen molar-refractivity contribution in [2.75, 3.05) is 11.9 Å². The number of aromatic nitrogens is 4. The lowest BCUT2D eigenvalue weighted by atomic mass is 9.83. The Balaban J connectivity index is 1.63. The summed E-state index contributed by atoms with van der Waals surface area (Å²) in [6, 6.07) is 0. The molecule has 0 spiro atoms. The van der Waals surface area contributed by atoms with Crippen molar-refractivity contribution in [2.45, 2.75) is 38.9 Å². The molecule has 0 aliphatic heterocycles. The van der Waals surface area contributed by atoms with E-state index in [2.05, 4.69) is 27.3 Å². The summed E-state index contributed by atoms with van der Waals surface area (Å²) in [5.41, 5.74) is 0.0288. The second-order valence-corrected chi connectivity index (χ2v) is 6.55. The quantitative estimate of drug-likeness (QED) is 0.795. The van der Waals surface area contributed by atoms with Crippen molar-refractivity contribution < 1.29 is 22.3 Å². The van der Waals surface area contributed by atoms with Gasteiger partial charge in [0.05, 0.1) is 30.9 Å². The minimum atomic E-state index is -4.62. The normalized spacial score (nSPS) is 20.8. The van der Waals surface area contributed by atoms with Crippen LogP contribution in [-0.4, -0.2) is 26.4 Å². The second-order valence-electron chi connectivity index (χ2n) is 6.55. The largest absolute Gasteiger partial charge is 0.504 e. The average molecular weight is 373 g/mol. The van der Waals surface area contributed by atoms with E-state index in [9.17, 15) is 17.6 Å². The molecule has 3 rings (SSSR count). The number of ether oxygens (including phenoxy) is 1. The van der Waals surface area contributed by atoms with Gasteiger partial charge < -0.3 is 10.1 Å². The molecule has 1 saturated carbocycles. The fourth-order valence-corrected chi connectivity index (χ4v) is 2.86. The van der Waals surface area contributed by atoms with Gasteiger partial charge in [0.1, 0.15) is 0 Å². The molecule has 0 atom stereocenters. The van der Waals surface area contributed by atoms with Crippen LogP contribution in [0.4, 0.5) is 29.2 Å². The third-order valence-corrected chi connectivity index (χ3v) is 4.40. The molecular weight excluding hydrogens is 354 g/mol. The average Bonchev–Trinajstić information content (AvgIpc) is 3.06. The monoisotopic (exact) mass is 373 g/mol. The molecule has 1 aliphatic carbocycles. The number of alkyl halides is 3. The molecule has 6 nitrogen and oxygen atoms in total. The van der Waals surface area contributed by atoms with Crippen LogP contribution >= 0.6 is 0 Å². The minimum Gasteiger partial charge on any atom is -0.475 e. The standard InChI is InChI=1S/C16H19F4N5O/c1-10-2-4-11(5-3-10)9-26-14-13(17)7-21-15(24-14)23-12-6-22-25(8-12)16(18,19)20/h6-8,10-11H,2-5,9H2,1H3,(H,21,23,24)/t10-,11-. The Morgan fingerprint density at radius 2 is 1.96 bits per heavy atom. The Bertz CT molecular complexity index is 740. The Hall–Kier alpha value is -2.39. The smallest absolute Gasteiger partial charge is 0.475 e. The maximum Gasteiger partial charge on any atom is 0.504 e. The zero-order valence-electron chi connectivity index (χ0n) is 14.1. The molecule has 2 aromatic heterocycles. The van der Waals surface area contributed by atoms with E-state index in [0.29, 0.717) is 18.4 Å². The van der Waals surface area contributed by atoms with E-state index in [4.69, 9.17) is 4.74 Å². The van der Waals surface area contributed by atoms with Crippen molar-refractivity contribution >= 4 is 11.6 Å². The number of rotatable bonds is 5. The van der Waals surface area contributed by atoms with Gasteiger partial charge in [0.2, 0.25) is 11.8 Å². The third kappa shape index (κ3) is 4.61. The first-order valence-corrected chi connectivity index (χ1v) is 8.35. The highest BCUT2D eigenvalue weighted by molar-refractivity contribution is 5.50. The Kier molecular flexibility index (Phi) is 5.28. The third-order valence-electron chi connectivity index (χ3n) is 4.40. The molecule has 2 heterocycles. The van der Waals surface area contributed by atoms with Gasteiger partial charge in [0.25, 0.3) is 5.88 Å². The van der Waals surface area contributed by atoms with E-state index < -0.39 is 12.1 Å². The van der Waals surface area contributed by atoms with E-state index in [-0.39, 0.29) is 22.2 Å². The fourth-order valence-electron chi connectivity index (χ4n) is 2.86. The van der Waals surface area contributed by atoms with Crippen molar-refractivity contribution in [1.29, 1.82) is 0 Å². The van der Waals surface area contributed by atoms with Crippen molar-refractivity contribution in [1.82, 2.24) is 19.7 Å². The summed E-state index contributed by atoms with van der Waals surface area (Å²) < 4.78 is 56.8. The van der Waals surface area contributed by atoms with Gasteiger partial charge in [0, 0.05) is 0 Å². The summed E-state index contributed by atoms with van der Waals surface area (Å²) in [5.74, 6) is 0.0490. The molecular formula is C16H19F4N5O. The van der Waals surface area contributed by atoms with Gasteiger partial charge in [-0.2, -0.15) is 19.2 Å². The topological polar surface area (TPSA) is 64.9 Å². The Morgan fingerprint density at radius 1 is 1.23 bits per heavy atom. The molecule has 2 aromatic rings. The lowest BCUT2D eigenvalue weighted by Crippen LogP contribution is -2.19. The van der Waals surface area contributed by atoms with E-state index in [1.54, 1.807) is 0 Å². The van der Waals surface area contributed by atoms with Crippen LogP contribution in [0.2, 0.25) is 0 Å². The molecule has 142 valence electrons. The Labute approximate surface area is 147 Å². The highest BCUT2D eigenvalue weighted by Gasteiger charge is 2.31. The van der Waals surface area contributed by atoms with E-state index in [1.807, 2.05) is 0 Å². The first-order valence-electron chi connectivity index (χ1n) is 8.35. The first kappa shape index (κ1) is 18.4. The number of nitrogens with zero attached hydrogens (tertiary/aromatic N) is 4. The maximum absolute atomic E-state index is 13.8. The van der Waals surface area contributed by atoms with Gasteiger partial charge >= 0.3 is 6.30 Å².